The zero-order valence-electron chi connectivity index (χ0n) is 10.7. The van der Waals surface area contributed by atoms with Gasteiger partial charge in [0.2, 0.25) is 0 Å². The van der Waals surface area contributed by atoms with Crippen LogP contribution in [0.4, 0.5) is 5.69 Å². The average molecular weight is 264 g/mol. The van der Waals surface area contributed by atoms with Crippen molar-refractivity contribution in [3.8, 4) is 0 Å². The fourth-order valence-electron chi connectivity index (χ4n) is 1.98. The lowest BCUT2D eigenvalue weighted by Gasteiger charge is -2.17. The summed E-state index contributed by atoms with van der Waals surface area (Å²) in [5.74, 6) is 0. The number of hydrogen-bond acceptors (Lipinski definition) is 2. The SMILES string of the molecule is COCCC1(CNC(=S)Nc2ccccc2)CC1. The van der Waals surface area contributed by atoms with Crippen molar-refractivity contribution >= 4 is 23.0 Å². The van der Waals surface area contributed by atoms with Crippen LogP contribution in [0.1, 0.15) is 19.3 Å². The molecule has 0 bridgehead atoms. The summed E-state index contributed by atoms with van der Waals surface area (Å²) in [6, 6.07) is 9.99. The molecule has 0 unspecified atom stereocenters. The molecule has 2 rings (SSSR count). The highest BCUT2D eigenvalue weighted by atomic mass is 32.1. The van der Waals surface area contributed by atoms with E-state index >= 15 is 0 Å². The summed E-state index contributed by atoms with van der Waals surface area (Å²) in [7, 11) is 1.76. The van der Waals surface area contributed by atoms with E-state index in [-0.39, 0.29) is 0 Å². The molecule has 1 aliphatic carbocycles. The van der Waals surface area contributed by atoms with Gasteiger partial charge in [0, 0.05) is 25.9 Å². The molecule has 0 spiro atoms. The van der Waals surface area contributed by atoms with Gasteiger partial charge in [-0.3, -0.25) is 0 Å². The summed E-state index contributed by atoms with van der Waals surface area (Å²) >= 11 is 5.29. The topological polar surface area (TPSA) is 33.3 Å². The molecule has 4 heteroatoms. The molecular formula is C14H20N2OS. The molecule has 1 saturated carbocycles. The Labute approximate surface area is 114 Å². The van der Waals surface area contributed by atoms with Crippen molar-refractivity contribution in [3.05, 3.63) is 30.3 Å². The Morgan fingerprint density at radius 1 is 1.33 bits per heavy atom. The summed E-state index contributed by atoms with van der Waals surface area (Å²) in [5, 5.41) is 7.19. The molecule has 0 atom stereocenters. The fourth-order valence-corrected chi connectivity index (χ4v) is 2.17. The van der Waals surface area contributed by atoms with Crippen LogP contribution in [0.2, 0.25) is 0 Å². The first kappa shape index (κ1) is 13.3. The van der Waals surface area contributed by atoms with E-state index in [1.807, 2.05) is 30.3 Å². The minimum Gasteiger partial charge on any atom is -0.385 e. The van der Waals surface area contributed by atoms with E-state index in [4.69, 9.17) is 17.0 Å². The molecule has 0 saturated heterocycles. The van der Waals surface area contributed by atoms with Gasteiger partial charge in [0.15, 0.2) is 5.11 Å². The number of methoxy groups -OCH3 is 1. The van der Waals surface area contributed by atoms with Crippen LogP contribution in [0.15, 0.2) is 30.3 Å². The maximum Gasteiger partial charge on any atom is 0.170 e. The lowest BCUT2D eigenvalue weighted by molar-refractivity contribution is 0.173. The molecule has 98 valence electrons. The Balaban J connectivity index is 1.72. The third kappa shape index (κ3) is 3.96. The quantitative estimate of drug-likeness (QED) is 0.774. The minimum absolute atomic E-state index is 0.415. The van der Waals surface area contributed by atoms with Gasteiger partial charge in [-0.2, -0.15) is 0 Å². The molecule has 1 aliphatic rings. The van der Waals surface area contributed by atoms with E-state index in [2.05, 4.69) is 10.6 Å². The Morgan fingerprint density at radius 2 is 2.06 bits per heavy atom. The van der Waals surface area contributed by atoms with Crippen LogP contribution in [0.5, 0.6) is 0 Å². The summed E-state index contributed by atoms with van der Waals surface area (Å²) < 4.78 is 5.14. The van der Waals surface area contributed by atoms with E-state index in [0.717, 1.165) is 25.3 Å². The van der Waals surface area contributed by atoms with Crippen molar-refractivity contribution in [2.75, 3.05) is 25.6 Å². The van der Waals surface area contributed by atoms with Crippen LogP contribution in [0.25, 0.3) is 0 Å². The molecule has 1 fully saturated rings. The van der Waals surface area contributed by atoms with Gasteiger partial charge >= 0.3 is 0 Å². The number of nitrogens with one attached hydrogen (secondary N) is 2. The number of rotatable bonds is 6. The molecular weight excluding hydrogens is 244 g/mol. The first-order valence-electron chi connectivity index (χ1n) is 6.33. The molecule has 2 N–H and O–H groups in total. The summed E-state index contributed by atoms with van der Waals surface area (Å²) in [6.07, 6.45) is 3.67. The highest BCUT2D eigenvalue weighted by molar-refractivity contribution is 7.80. The maximum atomic E-state index is 5.29. The molecule has 3 nitrogen and oxygen atoms in total. The average Bonchev–Trinajstić information content (AvgIpc) is 3.16. The van der Waals surface area contributed by atoms with Crippen LogP contribution < -0.4 is 10.6 Å². The molecule has 0 amide bonds. The summed E-state index contributed by atoms with van der Waals surface area (Å²) in [4.78, 5) is 0. The van der Waals surface area contributed by atoms with Gasteiger partial charge < -0.3 is 15.4 Å². The van der Waals surface area contributed by atoms with Gasteiger partial charge in [0.25, 0.3) is 0 Å². The number of ether oxygens (including phenoxy) is 1. The van der Waals surface area contributed by atoms with Gasteiger partial charge in [0.05, 0.1) is 0 Å². The van der Waals surface area contributed by atoms with Gasteiger partial charge in [-0.25, -0.2) is 0 Å². The number of para-hydroxylation sites is 1. The van der Waals surface area contributed by atoms with Crippen molar-refractivity contribution in [2.24, 2.45) is 5.41 Å². The molecule has 0 radical (unpaired) electrons. The van der Waals surface area contributed by atoms with E-state index < -0.39 is 0 Å². The van der Waals surface area contributed by atoms with Crippen molar-refractivity contribution in [3.63, 3.8) is 0 Å². The highest BCUT2D eigenvalue weighted by Crippen LogP contribution is 2.48. The minimum atomic E-state index is 0.415. The van der Waals surface area contributed by atoms with Gasteiger partial charge in [-0.1, -0.05) is 18.2 Å². The molecule has 1 aromatic carbocycles. The van der Waals surface area contributed by atoms with Crippen molar-refractivity contribution in [1.82, 2.24) is 5.32 Å². The first-order valence-corrected chi connectivity index (χ1v) is 6.74. The highest BCUT2D eigenvalue weighted by Gasteiger charge is 2.41. The van der Waals surface area contributed by atoms with Crippen LogP contribution in [-0.2, 0) is 4.74 Å². The third-order valence-electron chi connectivity index (χ3n) is 3.45. The number of anilines is 1. The van der Waals surface area contributed by atoms with Crippen LogP contribution in [-0.4, -0.2) is 25.4 Å². The Bertz CT molecular complexity index is 390. The number of thiocarbonyl (C=S) groups is 1. The van der Waals surface area contributed by atoms with Gasteiger partial charge in [-0.15, -0.1) is 0 Å². The zero-order valence-corrected chi connectivity index (χ0v) is 11.6. The van der Waals surface area contributed by atoms with E-state index in [1.165, 1.54) is 12.8 Å². The zero-order chi connectivity index (χ0) is 12.8. The smallest absolute Gasteiger partial charge is 0.170 e. The number of hydrogen-bond donors (Lipinski definition) is 2. The second-order valence-corrected chi connectivity index (χ2v) is 5.32. The lowest BCUT2D eigenvalue weighted by atomic mass is 10.0. The Morgan fingerprint density at radius 3 is 2.67 bits per heavy atom. The van der Waals surface area contributed by atoms with E-state index in [9.17, 15) is 0 Å². The van der Waals surface area contributed by atoms with Crippen molar-refractivity contribution in [2.45, 2.75) is 19.3 Å². The van der Waals surface area contributed by atoms with E-state index in [0.29, 0.717) is 10.5 Å². The standard InChI is InChI=1S/C14H20N2OS/c1-17-10-9-14(7-8-14)11-15-13(18)16-12-5-3-2-4-6-12/h2-6H,7-11H2,1H3,(H2,15,16,18). The van der Waals surface area contributed by atoms with Crippen LogP contribution in [0.3, 0.4) is 0 Å². The number of benzene rings is 1. The Hall–Kier alpha value is -1.13. The van der Waals surface area contributed by atoms with E-state index in [1.54, 1.807) is 7.11 Å². The lowest BCUT2D eigenvalue weighted by Crippen LogP contribution is -2.34. The van der Waals surface area contributed by atoms with Crippen molar-refractivity contribution in [1.29, 1.82) is 0 Å². The predicted octanol–water partition coefficient (Wildman–Crippen LogP) is 2.79. The predicted molar refractivity (Wildman–Crippen MR) is 78.8 cm³/mol. The molecule has 0 heterocycles. The third-order valence-corrected chi connectivity index (χ3v) is 3.70. The Kier molecular flexibility index (Phi) is 4.55. The first-order chi connectivity index (χ1) is 8.74. The molecule has 0 aromatic heterocycles. The molecule has 18 heavy (non-hydrogen) atoms. The van der Waals surface area contributed by atoms with Gasteiger partial charge in [-0.05, 0) is 49.0 Å². The second kappa shape index (κ2) is 6.16. The van der Waals surface area contributed by atoms with Crippen molar-refractivity contribution < 1.29 is 4.74 Å². The second-order valence-electron chi connectivity index (χ2n) is 4.92. The fraction of sp³-hybridized carbons (Fsp3) is 0.500. The summed E-state index contributed by atoms with van der Waals surface area (Å²) in [5.41, 5.74) is 1.44. The van der Waals surface area contributed by atoms with Gasteiger partial charge in [0.1, 0.15) is 0 Å². The summed E-state index contributed by atoms with van der Waals surface area (Å²) in [6.45, 7) is 1.77. The monoisotopic (exact) mass is 264 g/mol. The normalized spacial score (nSPS) is 16.1. The van der Waals surface area contributed by atoms with Crippen LogP contribution in [0, 0.1) is 5.41 Å². The largest absolute Gasteiger partial charge is 0.385 e. The van der Waals surface area contributed by atoms with Crippen LogP contribution >= 0.6 is 12.2 Å². The molecule has 1 aromatic rings. The maximum absolute atomic E-state index is 5.29. The molecule has 0 aliphatic heterocycles.